The van der Waals surface area contributed by atoms with Crippen LogP contribution in [0.25, 0.3) is 21.7 Å². The van der Waals surface area contributed by atoms with Gasteiger partial charge in [-0.25, -0.2) is 9.97 Å². The molecule has 0 saturated carbocycles. The van der Waals surface area contributed by atoms with E-state index in [1.807, 2.05) is 31.4 Å². The third kappa shape index (κ3) is 5.38. The van der Waals surface area contributed by atoms with Gasteiger partial charge in [0.25, 0.3) is 5.56 Å². The second-order valence-electron chi connectivity index (χ2n) is 7.20. The van der Waals surface area contributed by atoms with Crippen LogP contribution in [-0.4, -0.2) is 27.2 Å². The van der Waals surface area contributed by atoms with Crippen LogP contribution in [0, 0.1) is 0 Å². The molecule has 6 nitrogen and oxygen atoms in total. The zero-order chi connectivity index (χ0) is 21.8. The molecule has 0 aliphatic carbocycles. The van der Waals surface area contributed by atoms with Gasteiger partial charge in [-0.2, -0.15) is 0 Å². The van der Waals surface area contributed by atoms with Gasteiger partial charge in [-0.05, 0) is 49.9 Å². The molecule has 0 bridgehead atoms. The second-order valence-corrected chi connectivity index (χ2v) is 9.52. The van der Waals surface area contributed by atoms with E-state index in [1.165, 1.54) is 11.8 Å². The Balaban J connectivity index is 1.58. The summed E-state index contributed by atoms with van der Waals surface area (Å²) in [5, 5.41) is 3.72. The lowest BCUT2D eigenvalue weighted by atomic mass is 10.2. The number of aromatic nitrogens is 3. The van der Waals surface area contributed by atoms with Gasteiger partial charge in [-0.3, -0.25) is 9.36 Å². The SMILES string of the molecule is CC(C)OCCCn1c(SCc2coc(-c3cccs3)n2)nc2cc(Cl)ccc2c1=O. The van der Waals surface area contributed by atoms with Crippen molar-refractivity contribution in [3.63, 3.8) is 0 Å². The van der Waals surface area contributed by atoms with E-state index in [-0.39, 0.29) is 11.7 Å². The summed E-state index contributed by atoms with van der Waals surface area (Å²) in [4.78, 5) is 23.4. The van der Waals surface area contributed by atoms with Crippen molar-refractivity contribution in [2.75, 3.05) is 6.61 Å². The number of ether oxygens (including phenoxy) is 1. The Morgan fingerprint density at radius 2 is 2.16 bits per heavy atom. The molecule has 0 radical (unpaired) electrons. The molecule has 0 atom stereocenters. The van der Waals surface area contributed by atoms with Crippen LogP contribution in [0.4, 0.5) is 0 Å². The van der Waals surface area contributed by atoms with Gasteiger partial charge in [0.15, 0.2) is 5.16 Å². The molecule has 3 aromatic heterocycles. The third-order valence-electron chi connectivity index (χ3n) is 4.49. The first-order valence-corrected chi connectivity index (χ1v) is 12.2. The number of hydrogen-bond donors (Lipinski definition) is 0. The minimum atomic E-state index is -0.0758. The predicted molar refractivity (Wildman–Crippen MR) is 126 cm³/mol. The van der Waals surface area contributed by atoms with Crippen LogP contribution >= 0.6 is 34.7 Å². The molecule has 4 aromatic rings. The Hall–Kier alpha value is -2.13. The first kappa shape index (κ1) is 22.1. The van der Waals surface area contributed by atoms with Crippen molar-refractivity contribution in [3.05, 3.63) is 63.0 Å². The fraction of sp³-hybridized carbons (Fsp3) is 0.318. The molecule has 0 saturated heterocycles. The van der Waals surface area contributed by atoms with E-state index in [1.54, 1.807) is 40.4 Å². The molecule has 1 aromatic carbocycles. The summed E-state index contributed by atoms with van der Waals surface area (Å²) in [5.41, 5.74) is 1.31. The molecule has 3 heterocycles. The van der Waals surface area contributed by atoms with Gasteiger partial charge < -0.3 is 9.15 Å². The maximum absolute atomic E-state index is 13.2. The minimum Gasteiger partial charge on any atom is -0.444 e. The highest BCUT2D eigenvalue weighted by molar-refractivity contribution is 7.98. The van der Waals surface area contributed by atoms with E-state index in [2.05, 4.69) is 4.98 Å². The number of fused-ring (bicyclic) bond motifs is 1. The average Bonchev–Trinajstić information content (AvgIpc) is 3.42. The topological polar surface area (TPSA) is 70.2 Å². The van der Waals surface area contributed by atoms with Crippen molar-refractivity contribution in [1.29, 1.82) is 0 Å². The molecular weight excluding hydrogens is 454 g/mol. The summed E-state index contributed by atoms with van der Waals surface area (Å²) in [6, 6.07) is 9.10. The number of hydrogen-bond acceptors (Lipinski definition) is 7. The van der Waals surface area contributed by atoms with Crippen LogP contribution in [0.1, 0.15) is 26.0 Å². The molecule has 0 aliphatic heterocycles. The number of thioether (sulfide) groups is 1. The molecule has 0 spiro atoms. The maximum Gasteiger partial charge on any atom is 0.262 e. The first-order chi connectivity index (χ1) is 15.0. The lowest BCUT2D eigenvalue weighted by molar-refractivity contribution is 0.0743. The average molecular weight is 476 g/mol. The molecule has 0 unspecified atom stereocenters. The van der Waals surface area contributed by atoms with Crippen LogP contribution in [0.15, 0.2) is 56.3 Å². The van der Waals surface area contributed by atoms with Crippen molar-refractivity contribution in [3.8, 4) is 10.8 Å². The van der Waals surface area contributed by atoms with E-state index in [9.17, 15) is 4.79 Å². The normalized spacial score (nSPS) is 11.6. The van der Waals surface area contributed by atoms with Gasteiger partial charge in [-0.15, -0.1) is 11.3 Å². The third-order valence-corrected chi connectivity index (χ3v) is 6.60. The lowest BCUT2D eigenvalue weighted by Gasteiger charge is -2.13. The molecule has 162 valence electrons. The Bertz CT molecular complexity index is 1220. The highest BCUT2D eigenvalue weighted by Crippen LogP contribution is 2.27. The van der Waals surface area contributed by atoms with Crippen LogP contribution in [0.3, 0.4) is 0 Å². The van der Waals surface area contributed by atoms with Crippen molar-refractivity contribution >= 4 is 45.6 Å². The second kappa shape index (κ2) is 9.99. The standard InChI is InChI=1S/C22H22ClN3O3S2/c1-14(2)28-9-4-8-26-21(27)17-7-6-15(23)11-18(17)25-22(26)31-13-16-12-29-20(24-16)19-5-3-10-30-19/h3,5-7,10-12,14H,4,8-9,13H2,1-2H3. The summed E-state index contributed by atoms with van der Waals surface area (Å²) in [7, 11) is 0. The monoisotopic (exact) mass is 475 g/mol. The number of oxazole rings is 1. The molecular formula is C22H22ClN3O3S2. The highest BCUT2D eigenvalue weighted by Gasteiger charge is 2.14. The molecule has 31 heavy (non-hydrogen) atoms. The minimum absolute atomic E-state index is 0.0758. The largest absolute Gasteiger partial charge is 0.444 e. The zero-order valence-electron chi connectivity index (χ0n) is 17.2. The smallest absolute Gasteiger partial charge is 0.262 e. The van der Waals surface area contributed by atoms with Crippen LogP contribution in [-0.2, 0) is 17.0 Å². The summed E-state index contributed by atoms with van der Waals surface area (Å²) >= 11 is 9.16. The highest BCUT2D eigenvalue weighted by atomic mass is 35.5. The Morgan fingerprint density at radius 3 is 2.94 bits per heavy atom. The van der Waals surface area contributed by atoms with Crippen LogP contribution in [0.2, 0.25) is 5.02 Å². The van der Waals surface area contributed by atoms with Gasteiger partial charge in [0.2, 0.25) is 5.89 Å². The molecule has 0 N–H and O–H groups in total. The quantitative estimate of drug-likeness (QED) is 0.171. The van der Waals surface area contributed by atoms with Gasteiger partial charge in [0.05, 0.1) is 27.6 Å². The molecule has 0 amide bonds. The number of thiophene rings is 1. The number of nitrogens with zero attached hydrogens (tertiary/aromatic N) is 3. The van der Waals surface area contributed by atoms with E-state index >= 15 is 0 Å². The summed E-state index contributed by atoms with van der Waals surface area (Å²) in [6.07, 6.45) is 2.53. The van der Waals surface area contributed by atoms with Crippen molar-refractivity contribution in [2.24, 2.45) is 0 Å². The van der Waals surface area contributed by atoms with E-state index in [4.69, 9.17) is 25.7 Å². The van der Waals surface area contributed by atoms with E-state index < -0.39 is 0 Å². The van der Waals surface area contributed by atoms with Gasteiger partial charge >= 0.3 is 0 Å². The Labute approximate surface area is 193 Å². The fourth-order valence-electron chi connectivity index (χ4n) is 3.05. The Kier molecular flexibility index (Phi) is 7.12. The van der Waals surface area contributed by atoms with Gasteiger partial charge in [0.1, 0.15) is 6.26 Å². The van der Waals surface area contributed by atoms with Gasteiger partial charge in [-0.1, -0.05) is 29.4 Å². The van der Waals surface area contributed by atoms with Crippen molar-refractivity contribution in [1.82, 2.24) is 14.5 Å². The number of rotatable bonds is 9. The first-order valence-electron chi connectivity index (χ1n) is 9.94. The molecule has 9 heteroatoms. The van der Waals surface area contributed by atoms with E-state index in [0.29, 0.717) is 45.9 Å². The van der Waals surface area contributed by atoms with Crippen molar-refractivity contribution in [2.45, 2.75) is 43.8 Å². The molecule has 0 fully saturated rings. The fourth-order valence-corrected chi connectivity index (χ4v) is 4.77. The summed E-state index contributed by atoms with van der Waals surface area (Å²) in [5.74, 6) is 1.14. The van der Waals surface area contributed by atoms with Crippen molar-refractivity contribution < 1.29 is 9.15 Å². The summed E-state index contributed by atoms with van der Waals surface area (Å²) in [6.45, 7) is 5.10. The van der Waals surface area contributed by atoms with E-state index in [0.717, 1.165) is 17.0 Å². The Morgan fingerprint density at radius 1 is 1.29 bits per heavy atom. The van der Waals surface area contributed by atoms with Crippen LogP contribution < -0.4 is 5.56 Å². The van der Waals surface area contributed by atoms with Crippen LogP contribution in [0.5, 0.6) is 0 Å². The number of halogens is 1. The predicted octanol–water partition coefficient (Wildman–Crippen LogP) is 5.87. The number of benzene rings is 1. The zero-order valence-corrected chi connectivity index (χ0v) is 19.6. The summed E-state index contributed by atoms with van der Waals surface area (Å²) < 4.78 is 12.9. The molecule has 4 rings (SSSR count). The lowest BCUT2D eigenvalue weighted by Crippen LogP contribution is -2.24. The molecule has 0 aliphatic rings. The maximum atomic E-state index is 13.2. The van der Waals surface area contributed by atoms with Gasteiger partial charge in [0, 0.05) is 23.9 Å².